The minimum absolute atomic E-state index is 0.136. The number of nitrogens with zero attached hydrogens (tertiary/aromatic N) is 4. The van der Waals surface area contributed by atoms with E-state index in [0.717, 1.165) is 16.8 Å². The Hall–Kier alpha value is -3.69. The molecular weight excluding hydrogens is 465 g/mol. The van der Waals surface area contributed by atoms with E-state index in [1.54, 1.807) is 16.7 Å². The number of carbonyl (C=O) groups excluding carboxylic acids is 1. The zero-order valence-corrected chi connectivity index (χ0v) is 19.7. The van der Waals surface area contributed by atoms with E-state index in [4.69, 9.17) is 4.74 Å². The highest BCUT2D eigenvalue weighted by Crippen LogP contribution is 2.28. The summed E-state index contributed by atoms with van der Waals surface area (Å²) in [6.07, 6.45) is 0. The number of nitrogens with one attached hydrogen (secondary N) is 1. The monoisotopic (exact) mass is 489 g/mol. The molecule has 1 amide bonds. The third-order valence-corrected chi connectivity index (χ3v) is 6.51. The van der Waals surface area contributed by atoms with Gasteiger partial charge in [-0.2, -0.15) is 0 Å². The van der Waals surface area contributed by atoms with Gasteiger partial charge in [-0.25, -0.2) is 4.39 Å². The van der Waals surface area contributed by atoms with Crippen molar-refractivity contribution in [3.05, 3.63) is 84.7 Å². The quantitative estimate of drug-likeness (QED) is 0.382. The second-order valence-corrected chi connectivity index (χ2v) is 8.92. The molecule has 3 aromatic carbocycles. The lowest BCUT2D eigenvalue weighted by Gasteiger charge is -2.27. The molecule has 0 aliphatic carbocycles. The molecule has 35 heavy (non-hydrogen) atoms. The number of anilines is 2. The third-order valence-electron chi connectivity index (χ3n) is 5.58. The van der Waals surface area contributed by atoms with Crippen LogP contribution in [-0.2, 0) is 9.53 Å². The predicted octanol–water partition coefficient (Wildman–Crippen LogP) is 4.64. The molecule has 0 radical (unpaired) electrons. The molecule has 1 saturated heterocycles. The number of benzene rings is 3. The van der Waals surface area contributed by atoms with Crippen molar-refractivity contribution >= 4 is 29.3 Å². The fourth-order valence-electron chi connectivity index (χ4n) is 3.87. The summed E-state index contributed by atoms with van der Waals surface area (Å²) in [5.74, 6) is 0.232. The molecule has 9 heteroatoms. The number of aromatic nitrogens is 3. The minimum Gasteiger partial charge on any atom is -0.378 e. The lowest BCUT2D eigenvalue weighted by atomic mass is 10.1. The standard InChI is InChI=1S/C26H24FN5O2S/c27-21-7-4-8-23(17-21)32-25(31-13-15-34-16-14-31)29-30-26(32)35-18-24(33)28-22-11-9-20(10-12-22)19-5-2-1-3-6-19/h1-12,17H,13-16,18H2,(H,28,33). The molecule has 0 bridgehead atoms. The topological polar surface area (TPSA) is 72.3 Å². The van der Waals surface area contributed by atoms with Crippen molar-refractivity contribution in [1.29, 1.82) is 0 Å². The van der Waals surface area contributed by atoms with Crippen LogP contribution in [-0.4, -0.2) is 52.7 Å². The highest BCUT2D eigenvalue weighted by Gasteiger charge is 2.22. The van der Waals surface area contributed by atoms with Gasteiger partial charge >= 0.3 is 0 Å². The molecule has 0 spiro atoms. The molecule has 7 nitrogen and oxygen atoms in total. The fraction of sp³-hybridized carbons (Fsp3) is 0.192. The maximum absolute atomic E-state index is 14.0. The molecule has 4 aromatic rings. The SMILES string of the molecule is O=C(CSc1nnc(N2CCOCC2)n1-c1cccc(F)c1)Nc1ccc(-c2ccccc2)cc1. The van der Waals surface area contributed by atoms with E-state index in [1.165, 1.54) is 23.9 Å². The molecule has 2 heterocycles. The smallest absolute Gasteiger partial charge is 0.234 e. The van der Waals surface area contributed by atoms with Crippen molar-refractivity contribution in [2.24, 2.45) is 0 Å². The van der Waals surface area contributed by atoms with Gasteiger partial charge < -0.3 is 15.0 Å². The predicted molar refractivity (Wildman–Crippen MR) is 136 cm³/mol. The van der Waals surface area contributed by atoms with Crippen molar-refractivity contribution in [1.82, 2.24) is 14.8 Å². The summed E-state index contributed by atoms with van der Waals surface area (Å²) in [7, 11) is 0. The van der Waals surface area contributed by atoms with Crippen LogP contribution in [0, 0.1) is 5.82 Å². The largest absolute Gasteiger partial charge is 0.378 e. The minimum atomic E-state index is -0.350. The molecule has 1 fully saturated rings. The first-order valence-electron chi connectivity index (χ1n) is 11.3. The van der Waals surface area contributed by atoms with Gasteiger partial charge in [-0.3, -0.25) is 9.36 Å². The summed E-state index contributed by atoms with van der Waals surface area (Å²) in [6.45, 7) is 2.50. The van der Waals surface area contributed by atoms with Crippen LogP contribution >= 0.6 is 11.8 Å². The number of morpholine rings is 1. The number of halogens is 1. The number of amides is 1. The van der Waals surface area contributed by atoms with Crippen molar-refractivity contribution in [3.63, 3.8) is 0 Å². The number of hydrogen-bond donors (Lipinski definition) is 1. The highest BCUT2D eigenvalue weighted by molar-refractivity contribution is 7.99. The molecular formula is C26H24FN5O2S. The van der Waals surface area contributed by atoms with Crippen LogP contribution in [0.1, 0.15) is 0 Å². The van der Waals surface area contributed by atoms with Gasteiger partial charge in [0.2, 0.25) is 11.9 Å². The maximum atomic E-state index is 14.0. The van der Waals surface area contributed by atoms with Crippen LogP contribution in [0.25, 0.3) is 16.8 Å². The second-order valence-electron chi connectivity index (χ2n) is 7.98. The fourth-order valence-corrected chi connectivity index (χ4v) is 4.62. The lowest BCUT2D eigenvalue weighted by molar-refractivity contribution is -0.113. The summed E-state index contributed by atoms with van der Waals surface area (Å²) in [5.41, 5.74) is 3.53. The van der Waals surface area contributed by atoms with Crippen molar-refractivity contribution in [2.45, 2.75) is 5.16 Å². The van der Waals surface area contributed by atoms with Gasteiger partial charge in [0, 0.05) is 18.8 Å². The Morgan fingerprint density at radius 1 is 0.943 bits per heavy atom. The summed E-state index contributed by atoms with van der Waals surface area (Å²) >= 11 is 1.26. The molecule has 5 rings (SSSR count). The Morgan fingerprint density at radius 2 is 1.69 bits per heavy atom. The maximum Gasteiger partial charge on any atom is 0.234 e. The van der Waals surface area contributed by atoms with E-state index in [2.05, 4.69) is 20.4 Å². The van der Waals surface area contributed by atoms with E-state index >= 15 is 0 Å². The Bertz CT molecular complexity index is 1290. The molecule has 178 valence electrons. The van der Waals surface area contributed by atoms with Gasteiger partial charge in [-0.05, 0) is 41.5 Å². The zero-order valence-electron chi connectivity index (χ0n) is 18.9. The summed E-state index contributed by atoms with van der Waals surface area (Å²) in [5, 5.41) is 12.1. The van der Waals surface area contributed by atoms with E-state index < -0.39 is 0 Å². The normalized spacial score (nSPS) is 13.6. The van der Waals surface area contributed by atoms with E-state index in [-0.39, 0.29) is 17.5 Å². The van der Waals surface area contributed by atoms with Gasteiger partial charge in [0.05, 0.1) is 24.7 Å². The van der Waals surface area contributed by atoms with Crippen LogP contribution in [0.5, 0.6) is 0 Å². The molecule has 1 aliphatic heterocycles. The zero-order chi connectivity index (χ0) is 24.0. The lowest BCUT2D eigenvalue weighted by Crippen LogP contribution is -2.37. The van der Waals surface area contributed by atoms with Crippen molar-refractivity contribution in [2.75, 3.05) is 42.3 Å². The average molecular weight is 490 g/mol. The molecule has 0 saturated carbocycles. The van der Waals surface area contributed by atoms with Crippen LogP contribution in [0.2, 0.25) is 0 Å². The molecule has 1 aromatic heterocycles. The molecule has 0 unspecified atom stereocenters. The molecule has 1 N–H and O–H groups in total. The van der Waals surface area contributed by atoms with Gasteiger partial charge in [0.25, 0.3) is 0 Å². The summed E-state index contributed by atoms with van der Waals surface area (Å²) < 4.78 is 21.2. The first-order chi connectivity index (χ1) is 17.2. The molecule has 1 aliphatic rings. The van der Waals surface area contributed by atoms with Gasteiger partial charge in [-0.15, -0.1) is 10.2 Å². The third kappa shape index (κ3) is 5.52. The van der Waals surface area contributed by atoms with Gasteiger partial charge in [0.1, 0.15) is 5.82 Å². The van der Waals surface area contributed by atoms with Gasteiger partial charge in [-0.1, -0.05) is 60.3 Å². The van der Waals surface area contributed by atoms with E-state index in [9.17, 15) is 9.18 Å². The van der Waals surface area contributed by atoms with Crippen LogP contribution in [0.3, 0.4) is 0 Å². The summed E-state index contributed by atoms with van der Waals surface area (Å²) in [6, 6.07) is 24.1. The van der Waals surface area contributed by atoms with Crippen LogP contribution in [0.4, 0.5) is 16.0 Å². The van der Waals surface area contributed by atoms with Crippen LogP contribution in [0.15, 0.2) is 84.0 Å². The number of ether oxygens (including phenoxy) is 1. The number of carbonyl (C=O) groups is 1. The number of thioether (sulfide) groups is 1. The van der Waals surface area contributed by atoms with E-state index in [1.807, 2.05) is 54.6 Å². The first-order valence-corrected chi connectivity index (χ1v) is 12.3. The Labute approximate surface area is 206 Å². The van der Waals surface area contributed by atoms with Crippen LogP contribution < -0.4 is 10.2 Å². The molecule has 0 atom stereocenters. The summed E-state index contributed by atoms with van der Waals surface area (Å²) in [4.78, 5) is 14.7. The second kappa shape index (κ2) is 10.7. The Morgan fingerprint density at radius 3 is 2.43 bits per heavy atom. The Kier molecular flexibility index (Phi) is 7.06. The average Bonchev–Trinajstić information content (AvgIpc) is 3.33. The first kappa shape index (κ1) is 23.1. The van der Waals surface area contributed by atoms with Crippen molar-refractivity contribution in [3.8, 4) is 16.8 Å². The van der Waals surface area contributed by atoms with E-state index in [0.29, 0.717) is 43.1 Å². The van der Waals surface area contributed by atoms with Gasteiger partial charge in [0.15, 0.2) is 5.16 Å². The van der Waals surface area contributed by atoms with Crippen molar-refractivity contribution < 1.29 is 13.9 Å². The highest BCUT2D eigenvalue weighted by atomic mass is 32.2. The number of rotatable bonds is 7. The Balaban J connectivity index is 1.29. The number of hydrogen-bond acceptors (Lipinski definition) is 6.